The van der Waals surface area contributed by atoms with Crippen molar-refractivity contribution in [3.05, 3.63) is 71.8 Å². The minimum atomic E-state index is -1.11. The van der Waals surface area contributed by atoms with Crippen molar-refractivity contribution in [3.8, 4) is 0 Å². The van der Waals surface area contributed by atoms with Crippen LogP contribution in [0, 0.1) is 0 Å². The van der Waals surface area contributed by atoms with Crippen LogP contribution in [-0.4, -0.2) is 11.6 Å². The van der Waals surface area contributed by atoms with Gasteiger partial charge in [-0.05, 0) is 38.8 Å². The zero-order chi connectivity index (χ0) is 25.3. The maximum absolute atomic E-state index is 5.93. The Morgan fingerprint density at radius 1 is 0.441 bits per heavy atom. The van der Waals surface area contributed by atoms with Gasteiger partial charge in [0.1, 0.15) is 11.2 Å². The lowest BCUT2D eigenvalue weighted by Crippen LogP contribution is -2.44. The summed E-state index contributed by atoms with van der Waals surface area (Å²) < 4.78 is 0. The molecule has 0 N–H and O–H groups in total. The molecule has 0 amide bonds. The van der Waals surface area contributed by atoms with Crippen molar-refractivity contribution in [2.75, 3.05) is 0 Å². The highest BCUT2D eigenvalue weighted by molar-refractivity contribution is 5.21. The third kappa shape index (κ3) is 7.35. The summed E-state index contributed by atoms with van der Waals surface area (Å²) in [6, 6.07) is 19.8. The average molecular weight is 475 g/mol. The van der Waals surface area contributed by atoms with Crippen LogP contribution in [0.3, 0.4) is 0 Å². The van der Waals surface area contributed by atoms with Gasteiger partial charge in [-0.15, -0.1) is 0 Å². The molecule has 2 rings (SSSR count). The SMILES string of the molecule is CCC(CC)(OOC(CC)(CC)OOC(C)(C)c1ccccc1)OOC(C)(C)c1ccccc1. The van der Waals surface area contributed by atoms with Gasteiger partial charge in [-0.3, -0.25) is 0 Å². The van der Waals surface area contributed by atoms with Gasteiger partial charge in [0.25, 0.3) is 0 Å². The highest BCUT2D eigenvalue weighted by Gasteiger charge is 2.41. The van der Waals surface area contributed by atoms with Gasteiger partial charge >= 0.3 is 0 Å². The second-order valence-corrected chi connectivity index (χ2v) is 9.49. The number of rotatable bonds is 15. The van der Waals surface area contributed by atoms with Gasteiger partial charge in [-0.25, -0.2) is 9.78 Å². The molecule has 0 fully saturated rings. The summed E-state index contributed by atoms with van der Waals surface area (Å²) in [6.45, 7) is 15.6. The summed E-state index contributed by atoms with van der Waals surface area (Å²) in [6.07, 6.45) is 2.03. The molecule has 2 aromatic carbocycles. The third-order valence-corrected chi connectivity index (χ3v) is 6.24. The molecule has 34 heavy (non-hydrogen) atoms. The first-order valence-corrected chi connectivity index (χ1v) is 12.3. The van der Waals surface area contributed by atoms with Crippen LogP contribution in [-0.2, 0) is 40.5 Å². The van der Waals surface area contributed by atoms with Gasteiger partial charge in [0.2, 0.25) is 11.6 Å². The van der Waals surface area contributed by atoms with E-state index in [2.05, 4.69) is 0 Å². The molecule has 0 atom stereocenters. The van der Waals surface area contributed by atoms with Gasteiger partial charge in [0, 0.05) is 25.7 Å². The lowest BCUT2D eigenvalue weighted by Gasteiger charge is -2.38. The summed E-state index contributed by atoms with van der Waals surface area (Å²) in [7, 11) is 0. The Kier molecular flexibility index (Phi) is 10.2. The predicted molar refractivity (Wildman–Crippen MR) is 132 cm³/mol. The van der Waals surface area contributed by atoms with Crippen LogP contribution in [0.5, 0.6) is 0 Å². The van der Waals surface area contributed by atoms with E-state index in [-0.39, 0.29) is 0 Å². The molecule has 6 nitrogen and oxygen atoms in total. The minimum Gasteiger partial charge on any atom is -0.223 e. The van der Waals surface area contributed by atoms with Crippen LogP contribution >= 0.6 is 0 Å². The first-order valence-electron chi connectivity index (χ1n) is 12.3. The van der Waals surface area contributed by atoms with Gasteiger partial charge in [0.05, 0.1) is 0 Å². The topological polar surface area (TPSA) is 55.4 Å². The molecule has 0 bridgehead atoms. The van der Waals surface area contributed by atoms with E-state index in [4.69, 9.17) is 29.3 Å². The summed E-state index contributed by atoms with van der Waals surface area (Å²) >= 11 is 0. The van der Waals surface area contributed by atoms with Crippen LogP contribution in [0.4, 0.5) is 0 Å². The Hall–Kier alpha value is -1.80. The Labute approximate surface area is 205 Å². The summed E-state index contributed by atoms with van der Waals surface area (Å²) in [5.41, 5.74) is 0.639. The molecule has 0 saturated heterocycles. The van der Waals surface area contributed by atoms with Gasteiger partial charge in [-0.1, -0.05) is 88.4 Å². The Morgan fingerprint density at radius 2 is 0.706 bits per heavy atom. The van der Waals surface area contributed by atoms with Crippen LogP contribution in [0.2, 0.25) is 0 Å². The van der Waals surface area contributed by atoms with Gasteiger partial charge in [-0.2, -0.15) is 19.6 Å². The average Bonchev–Trinajstić information content (AvgIpc) is 2.87. The summed E-state index contributed by atoms with van der Waals surface area (Å²) in [4.78, 5) is 35.4. The molecule has 0 spiro atoms. The second kappa shape index (κ2) is 12.2. The van der Waals surface area contributed by atoms with Crippen molar-refractivity contribution in [1.29, 1.82) is 0 Å². The van der Waals surface area contributed by atoms with E-state index in [0.29, 0.717) is 25.7 Å². The number of benzene rings is 2. The Morgan fingerprint density at radius 3 is 0.971 bits per heavy atom. The van der Waals surface area contributed by atoms with E-state index in [1.54, 1.807) is 0 Å². The minimum absolute atomic E-state index is 0.508. The molecular formula is C28H42O6. The molecule has 0 aliphatic rings. The van der Waals surface area contributed by atoms with E-state index in [1.165, 1.54) is 0 Å². The lowest BCUT2D eigenvalue weighted by molar-refractivity contribution is -0.596. The molecular weight excluding hydrogens is 432 g/mol. The Balaban J connectivity index is 2.08. The fourth-order valence-corrected chi connectivity index (χ4v) is 3.29. The standard InChI is InChI=1S/C28H42O6/c1-9-27(10-2,31-29-25(5,6)23-19-15-13-16-20-23)33-34-28(11-3,12-4)32-30-26(7,8)24-21-17-14-18-22-24/h13-22H,9-12H2,1-8H3. The van der Waals surface area contributed by atoms with E-state index in [0.717, 1.165) is 11.1 Å². The van der Waals surface area contributed by atoms with Crippen LogP contribution < -0.4 is 0 Å². The zero-order valence-corrected chi connectivity index (χ0v) is 22.1. The maximum Gasteiger partial charge on any atom is 0.233 e. The molecule has 0 heterocycles. The third-order valence-electron chi connectivity index (χ3n) is 6.24. The highest BCUT2D eigenvalue weighted by Crippen LogP contribution is 2.35. The normalized spacial score (nSPS) is 13.3. The van der Waals surface area contributed by atoms with Crippen LogP contribution in [0.1, 0.15) is 92.2 Å². The van der Waals surface area contributed by atoms with Crippen molar-refractivity contribution < 1.29 is 29.3 Å². The first-order chi connectivity index (χ1) is 16.1. The van der Waals surface area contributed by atoms with Gasteiger partial charge < -0.3 is 0 Å². The molecule has 0 aromatic heterocycles. The molecule has 2 aromatic rings. The van der Waals surface area contributed by atoms with E-state index >= 15 is 0 Å². The fraction of sp³-hybridized carbons (Fsp3) is 0.571. The molecule has 0 aliphatic heterocycles. The van der Waals surface area contributed by atoms with Crippen molar-refractivity contribution in [3.63, 3.8) is 0 Å². The smallest absolute Gasteiger partial charge is 0.223 e. The fourth-order valence-electron chi connectivity index (χ4n) is 3.29. The molecule has 0 saturated carbocycles. The Bertz CT molecular complexity index is 755. The van der Waals surface area contributed by atoms with Crippen LogP contribution in [0.15, 0.2) is 60.7 Å². The van der Waals surface area contributed by atoms with E-state index < -0.39 is 22.8 Å². The largest absolute Gasteiger partial charge is 0.233 e. The molecule has 6 heteroatoms. The molecule has 0 radical (unpaired) electrons. The number of hydrogen-bond acceptors (Lipinski definition) is 6. The summed E-state index contributed by atoms with van der Waals surface area (Å²) in [5.74, 6) is -2.22. The quantitative estimate of drug-likeness (QED) is 0.149. The predicted octanol–water partition coefficient (Wildman–Crippen LogP) is 7.73. The monoisotopic (exact) mass is 474 g/mol. The van der Waals surface area contributed by atoms with Crippen molar-refractivity contribution in [2.24, 2.45) is 0 Å². The lowest BCUT2D eigenvalue weighted by atomic mass is 9.99. The van der Waals surface area contributed by atoms with Crippen molar-refractivity contribution in [2.45, 2.75) is 104 Å². The van der Waals surface area contributed by atoms with Crippen LogP contribution in [0.25, 0.3) is 0 Å². The zero-order valence-electron chi connectivity index (χ0n) is 22.1. The first kappa shape index (κ1) is 28.4. The molecule has 0 aliphatic carbocycles. The molecule has 190 valence electrons. The van der Waals surface area contributed by atoms with E-state index in [1.807, 2.05) is 116 Å². The van der Waals surface area contributed by atoms with Gasteiger partial charge in [0.15, 0.2) is 0 Å². The maximum atomic E-state index is 5.93. The summed E-state index contributed by atoms with van der Waals surface area (Å²) in [5, 5.41) is 0. The van der Waals surface area contributed by atoms with Crippen molar-refractivity contribution >= 4 is 0 Å². The van der Waals surface area contributed by atoms with E-state index in [9.17, 15) is 0 Å². The molecule has 0 unspecified atom stereocenters. The van der Waals surface area contributed by atoms with Crippen molar-refractivity contribution in [1.82, 2.24) is 0 Å². The second-order valence-electron chi connectivity index (χ2n) is 9.49. The highest BCUT2D eigenvalue weighted by atomic mass is 17.4. The number of hydrogen-bond donors (Lipinski definition) is 0.